The van der Waals surface area contributed by atoms with Gasteiger partial charge in [0.2, 0.25) is 5.88 Å². The molecule has 0 saturated heterocycles. The second-order valence-corrected chi connectivity index (χ2v) is 8.63. The first-order chi connectivity index (χ1) is 15.3. The van der Waals surface area contributed by atoms with E-state index in [1.807, 2.05) is 0 Å². The third-order valence-corrected chi connectivity index (χ3v) is 5.95. The lowest BCUT2D eigenvalue weighted by Gasteiger charge is -2.11. The first-order valence-electron chi connectivity index (χ1n) is 9.63. The van der Waals surface area contributed by atoms with Crippen LogP contribution in [0.2, 0.25) is 0 Å². The highest BCUT2D eigenvalue weighted by Crippen LogP contribution is 2.26. The van der Waals surface area contributed by atoms with Crippen LogP contribution in [-0.2, 0) is 10.0 Å². The lowest BCUT2D eigenvalue weighted by Crippen LogP contribution is -2.13. The number of hydrogen-bond donors (Lipinski definition) is 1. The van der Waals surface area contributed by atoms with Gasteiger partial charge in [0.15, 0.2) is 0 Å². The number of nitrogens with one attached hydrogen (secondary N) is 1. The minimum atomic E-state index is -3.74. The van der Waals surface area contributed by atoms with Crippen molar-refractivity contribution < 1.29 is 17.9 Å². The van der Waals surface area contributed by atoms with Crippen molar-refractivity contribution in [2.75, 3.05) is 11.8 Å². The van der Waals surface area contributed by atoms with Crippen LogP contribution >= 0.6 is 0 Å². The highest BCUT2D eigenvalue weighted by molar-refractivity contribution is 7.92. The first-order valence-corrected chi connectivity index (χ1v) is 11.1. The van der Waals surface area contributed by atoms with Gasteiger partial charge in [0, 0.05) is 24.1 Å². The maximum absolute atomic E-state index is 12.7. The zero-order chi connectivity index (χ0) is 22.7. The average Bonchev–Trinajstić information content (AvgIpc) is 3.29. The molecule has 2 aromatic carbocycles. The van der Waals surface area contributed by atoms with Crippen LogP contribution < -0.4 is 14.2 Å². The van der Waals surface area contributed by atoms with Crippen molar-refractivity contribution in [3.63, 3.8) is 0 Å². The molecule has 0 amide bonds. The van der Waals surface area contributed by atoms with Crippen molar-refractivity contribution in [3.05, 3.63) is 78.6 Å². The highest BCUT2D eigenvalue weighted by Gasteiger charge is 2.16. The minimum absolute atomic E-state index is 0.152. The Hall–Kier alpha value is -3.92. The van der Waals surface area contributed by atoms with E-state index in [2.05, 4.69) is 19.7 Å². The summed E-state index contributed by atoms with van der Waals surface area (Å²) in [5.41, 5.74) is 1.14. The quantitative estimate of drug-likeness (QED) is 0.454. The number of imidazole rings is 1. The second-order valence-electron chi connectivity index (χ2n) is 6.94. The topological polar surface area (TPSA) is 108 Å². The van der Waals surface area contributed by atoms with Gasteiger partial charge in [0.1, 0.15) is 29.5 Å². The van der Waals surface area contributed by atoms with Crippen molar-refractivity contribution >= 4 is 15.7 Å². The van der Waals surface area contributed by atoms with Gasteiger partial charge in [0.25, 0.3) is 10.0 Å². The maximum Gasteiger partial charge on any atom is 0.261 e. The molecule has 0 aliphatic carbocycles. The van der Waals surface area contributed by atoms with Crippen molar-refractivity contribution in [2.24, 2.45) is 0 Å². The minimum Gasteiger partial charge on any atom is -0.496 e. The van der Waals surface area contributed by atoms with Gasteiger partial charge < -0.3 is 9.47 Å². The molecule has 9 nitrogen and oxygen atoms in total. The third-order valence-electron chi connectivity index (χ3n) is 4.58. The van der Waals surface area contributed by atoms with Crippen LogP contribution in [-0.4, -0.2) is 35.0 Å². The molecule has 2 aromatic heterocycles. The fourth-order valence-corrected chi connectivity index (χ4v) is 4.19. The van der Waals surface area contributed by atoms with Gasteiger partial charge >= 0.3 is 0 Å². The Bertz CT molecular complexity index is 1340. The smallest absolute Gasteiger partial charge is 0.261 e. The van der Waals surface area contributed by atoms with E-state index in [1.165, 1.54) is 6.07 Å². The predicted octanol–water partition coefficient (Wildman–Crippen LogP) is 3.88. The van der Waals surface area contributed by atoms with E-state index in [0.717, 1.165) is 5.56 Å². The maximum atomic E-state index is 12.7. The van der Waals surface area contributed by atoms with E-state index in [-0.39, 0.29) is 4.90 Å². The molecule has 0 saturated carbocycles. The van der Waals surface area contributed by atoms with Crippen molar-refractivity contribution in [2.45, 2.75) is 18.7 Å². The number of aromatic nitrogens is 4. The number of ether oxygens (including phenoxy) is 2. The molecular formula is C22H21N5O4S. The summed E-state index contributed by atoms with van der Waals surface area (Å²) in [6.45, 7) is 3.56. The zero-order valence-electron chi connectivity index (χ0n) is 17.7. The van der Waals surface area contributed by atoms with E-state index in [0.29, 0.717) is 34.7 Å². The van der Waals surface area contributed by atoms with Gasteiger partial charge in [-0.25, -0.2) is 18.4 Å². The Kier molecular flexibility index (Phi) is 5.78. The van der Waals surface area contributed by atoms with Crippen LogP contribution in [0.4, 0.5) is 5.69 Å². The number of anilines is 1. The van der Waals surface area contributed by atoms with E-state index >= 15 is 0 Å². The van der Waals surface area contributed by atoms with Gasteiger partial charge in [-0.05, 0) is 61.9 Å². The fourth-order valence-electron chi connectivity index (χ4n) is 3.05. The molecular weight excluding hydrogens is 430 g/mol. The Morgan fingerprint density at radius 1 is 1.00 bits per heavy atom. The van der Waals surface area contributed by atoms with Gasteiger partial charge in [-0.3, -0.25) is 9.29 Å². The first kappa shape index (κ1) is 21.3. The van der Waals surface area contributed by atoms with Gasteiger partial charge in [-0.1, -0.05) is 0 Å². The summed E-state index contributed by atoms with van der Waals surface area (Å²) < 4.78 is 40.8. The molecule has 0 radical (unpaired) electrons. The van der Waals surface area contributed by atoms with Crippen LogP contribution in [0.5, 0.6) is 17.4 Å². The van der Waals surface area contributed by atoms with E-state index in [9.17, 15) is 8.42 Å². The van der Waals surface area contributed by atoms with Crippen molar-refractivity contribution in [1.82, 2.24) is 19.5 Å². The molecule has 0 aliphatic rings. The van der Waals surface area contributed by atoms with Crippen LogP contribution in [0, 0.1) is 13.8 Å². The van der Waals surface area contributed by atoms with E-state index in [4.69, 9.17) is 9.47 Å². The van der Waals surface area contributed by atoms with E-state index in [1.54, 1.807) is 86.7 Å². The Labute approximate surface area is 185 Å². The summed E-state index contributed by atoms with van der Waals surface area (Å²) in [6, 6.07) is 12.9. The van der Waals surface area contributed by atoms with Crippen molar-refractivity contribution in [1.29, 1.82) is 0 Å². The molecule has 10 heteroatoms. The Morgan fingerprint density at radius 3 is 2.44 bits per heavy atom. The second kappa shape index (κ2) is 8.67. The predicted molar refractivity (Wildman–Crippen MR) is 119 cm³/mol. The summed E-state index contributed by atoms with van der Waals surface area (Å²) in [5, 5.41) is 0. The number of methoxy groups -OCH3 is 1. The number of nitrogens with zero attached hydrogens (tertiary/aromatic N) is 4. The number of rotatable bonds is 7. The Balaban J connectivity index is 1.50. The SMILES string of the molecule is COc1ccc(S(=O)(=O)Nc2ccc(Oc3cc(-n4ccnc4)nc(C)n3)cc2)cc1C. The lowest BCUT2D eigenvalue weighted by atomic mass is 10.2. The summed E-state index contributed by atoms with van der Waals surface area (Å²) in [6.07, 6.45) is 5.07. The summed E-state index contributed by atoms with van der Waals surface area (Å²) >= 11 is 0. The number of aryl methyl sites for hydroxylation is 2. The number of hydrogen-bond acceptors (Lipinski definition) is 7. The summed E-state index contributed by atoms with van der Waals surface area (Å²) in [4.78, 5) is 12.8. The monoisotopic (exact) mass is 451 g/mol. The molecule has 0 bridgehead atoms. The van der Waals surface area contributed by atoms with Gasteiger partial charge in [-0.2, -0.15) is 4.98 Å². The van der Waals surface area contributed by atoms with Crippen LogP contribution in [0.25, 0.3) is 5.82 Å². The fraction of sp³-hybridized carbons (Fsp3) is 0.136. The molecule has 4 aromatic rings. The molecule has 32 heavy (non-hydrogen) atoms. The molecule has 0 spiro atoms. The Morgan fingerprint density at radius 2 is 1.78 bits per heavy atom. The van der Waals surface area contributed by atoms with Crippen LogP contribution in [0.15, 0.2) is 72.1 Å². The normalized spacial score (nSPS) is 11.2. The van der Waals surface area contributed by atoms with Crippen molar-refractivity contribution in [3.8, 4) is 23.2 Å². The average molecular weight is 452 g/mol. The highest BCUT2D eigenvalue weighted by atomic mass is 32.2. The molecule has 0 aliphatic heterocycles. The largest absolute Gasteiger partial charge is 0.496 e. The molecule has 0 fully saturated rings. The third kappa shape index (κ3) is 4.70. The lowest BCUT2D eigenvalue weighted by molar-refractivity contribution is 0.411. The molecule has 0 unspecified atom stereocenters. The van der Waals surface area contributed by atoms with Crippen LogP contribution in [0.1, 0.15) is 11.4 Å². The number of sulfonamides is 1. The summed E-state index contributed by atoms with van der Waals surface area (Å²) in [5.74, 6) is 2.67. The molecule has 164 valence electrons. The molecule has 0 atom stereocenters. The molecule has 1 N–H and O–H groups in total. The summed E-state index contributed by atoms with van der Waals surface area (Å²) in [7, 11) is -2.20. The van der Waals surface area contributed by atoms with Gasteiger partial charge in [-0.15, -0.1) is 0 Å². The molecule has 2 heterocycles. The zero-order valence-corrected chi connectivity index (χ0v) is 18.5. The van der Waals surface area contributed by atoms with Crippen LogP contribution in [0.3, 0.4) is 0 Å². The standard InChI is InChI=1S/C22H21N5O4S/c1-15-12-19(8-9-20(15)30-3)32(28,29)26-17-4-6-18(7-5-17)31-22-13-21(24-16(2)25-22)27-11-10-23-14-27/h4-14,26H,1-3H3. The molecule has 4 rings (SSSR count). The van der Waals surface area contributed by atoms with E-state index < -0.39 is 10.0 Å². The number of benzene rings is 2. The van der Waals surface area contributed by atoms with Gasteiger partial charge in [0.05, 0.1) is 12.0 Å².